The second kappa shape index (κ2) is 6.68. The molecular formula is C12H20N4O2. The number of likely N-dealkylation sites (N-methyl/N-ethyl adjacent to an activating group) is 1. The van der Waals surface area contributed by atoms with E-state index in [2.05, 4.69) is 10.3 Å². The van der Waals surface area contributed by atoms with Crippen molar-refractivity contribution in [2.45, 2.75) is 13.3 Å². The molecule has 0 fully saturated rings. The molecule has 0 aliphatic heterocycles. The molecule has 0 spiro atoms. The summed E-state index contributed by atoms with van der Waals surface area (Å²) in [5.41, 5.74) is 6.16. The van der Waals surface area contributed by atoms with Crippen LogP contribution in [0.5, 0.6) is 5.88 Å². The van der Waals surface area contributed by atoms with Crippen LogP contribution in [0.3, 0.4) is 0 Å². The number of nitrogens with one attached hydrogen (secondary N) is 1. The quantitative estimate of drug-likeness (QED) is 0.776. The highest BCUT2D eigenvalue weighted by molar-refractivity contribution is 5.80. The van der Waals surface area contributed by atoms with E-state index in [1.807, 2.05) is 6.92 Å². The van der Waals surface area contributed by atoms with Crippen molar-refractivity contribution in [1.82, 2.24) is 10.3 Å². The SMILES string of the molecule is CCCNC(=O)CN(C)c1ccc(N)c(OC)n1. The summed E-state index contributed by atoms with van der Waals surface area (Å²) in [4.78, 5) is 17.5. The zero-order valence-corrected chi connectivity index (χ0v) is 11.1. The highest BCUT2D eigenvalue weighted by Crippen LogP contribution is 2.21. The Morgan fingerprint density at radius 1 is 1.56 bits per heavy atom. The van der Waals surface area contributed by atoms with Crippen molar-refractivity contribution >= 4 is 17.4 Å². The van der Waals surface area contributed by atoms with E-state index in [1.54, 1.807) is 24.1 Å². The molecular weight excluding hydrogens is 232 g/mol. The number of nitrogens with zero attached hydrogens (tertiary/aromatic N) is 2. The van der Waals surface area contributed by atoms with Gasteiger partial charge in [0, 0.05) is 13.6 Å². The third-order valence-corrected chi connectivity index (χ3v) is 2.41. The molecule has 0 aliphatic rings. The highest BCUT2D eigenvalue weighted by Gasteiger charge is 2.10. The molecule has 100 valence electrons. The van der Waals surface area contributed by atoms with Gasteiger partial charge in [-0.2, -0.15) is 4.98 Å². The molecule has 1 aromatic heterocycles. The number of pyridine rings is 1. The van der Waals surface area contributed by atoms with Crippen molar-refractivity contribution < 1.29 is 9.53 Å². The van der Waals surface area contributed by atoms with Gasteiger partial charge in [0.05, 0.1) is 19.3 Å². The molecule has 0 aromatic carbocycles. The first-order valence-corrected chi connectivity index (χ1v) is 5.86. The second-order valence-electron chi connectivity index (χ2n) is 3.97. The summed E-state index contributed by atoms with van der Waals surface area (Å²) < 4.78 is 5.04. The normalized spacial score (nSPS) is 9.94. The van der Waals surface area contributed by atoms with Gasteiger partial charge >= 0.3 is 0 Å². The minimum atomic E-state index is -0.0306. The molecule has 6 nitrogen and oxygen atoms in total. The maximum absolute atomic E-state index is 11.6. The third-order valence-electron chi connectivity index (χ3n) is 2.41. The van der Waals surface area contributed by atoms with Gasteiger partial charge in [0.15, 0.2) is 0 Å². The van der Waals surface area contributed by atoms with Crippen molar-refractivity contribution in [3.63, 3.8) is 0 Å². The number of hydrogen-bond acceptors (Lipinski definition) is 5. The van der Waals surface area contributed by atoms with Crippen LogP contribution in [0.2, 0.25) is 0 Å². The molecule has 0 unspecified atom stereocenters. The van der Waals surface area contributed by atoms with Crippen LogP contribution in [0.1, 0.15) is 13.3 Å². The topological polar surface area (TPSA) is 80.5 Å². The van der Waals surface area contributed by atoms with Gasteiger partial charge in [0.2, 0.25) is 11.8 Å². The van der Waals surface area contributed by atoms with E-state index in [0.717, 1.165) is 6.42 Å². The van der Waals surface area contributed by atoms with Crippen LogP contribution in [-0.2, 0) is 4.79 Å². The zero-order chi connectivity index (χ0) is 13.5. The van der Waals surface area contributed by atoms with Gasteiger partial charge in [-0.3, -0.25) is 4.79 Å². The summed E-state index contributed by atoms with van der Waals surface area (Å²) in [6, 6.07) is 3.46. The van der Waals surface area contributed by atoms with Gasteiger partial charge in [-0.15, -0.1) is 0 Å². The van der Waals surface area contributed by atoms with Gasteiger partial charge in [-0.1, -0.05) is 6.92 Å². The fourth-order valence-electron chi connectivity index (χ4n) is 1.43. The zero-order valence-electron chi connectivity index (χ0n) is 11.1. The number of carbonyl (C=O) groups excluding carboxylic acids is 1. The average Bonchev–Trinajstić information content (AvgIpc) is 2.36. The molecule has 6 heteroatoms. The molecule has 1 rings (SSSR count). The average molecular weight is 252 g/mol. The Kier molecular flexibility index (Phi) is 5.23. The van der Waals surface area contributed by atoms with E-state index in [1.165, 1.54) is 7.11 Å². The minimum absolute atomic E-state index is 0.0306. The Hall–Kier alpha value is -1.98. The number of rotatable bonds is 6. The number of aromatic nitrogens is 1. The van der Waals surface area contributed by atoms with Crippen molar-refractivity contribution in [2.24, 2.45) is 0 Å². The Bertz CT molecular complexity index is 409. The number of anilines is 2. The van der Waals surface area contributed by atoms with Crippen LogP contribution in [0.4, 0.5) is 11.5 Å². The largest absolute Gasteiger partial charge is 0.479 e. The number of nitrogens with two attached hydrogens (primary N) is 1. The molecule has 0 atom stereocenters. The number of nitrogen functional groups attached to an aromatic ring is 1. The Balaban J connectivity index is 2.66. The summed E-state index contributed by atoms with van der Waals surface area (Å²) in [6.07, 6.45) is 0.920. The molecule has 0 saturated carbocycles. The molecule has 18 heavy (non-hydrogen) atoms. The molecule has 0 radical (unpaired) electrons. The van der Waals surface area contributed by atoms with Crippen molar-refractivity contribution in [3.8, 4) is 5.88 Å². The third kappa shape index (κ3) is 3.80. The fraction of sp³-hybridized carbons (Fsp3) is 0.500. The summed E-state index contributed by atoms with van der Waals surface area (Å²) in [7, 11) is 3.31. The first-order valence-electron chi connectivity index (χ1n) is 5.86. The van der Waals surface area contributed by atoms with Crippen LogP contribution in [0.15, 0.2) is 12.1 Å². The van der Waals surface area contributed by atoms with E-state index >= 15 is 0 Å². The predicted molar refractivity (Wildman–Crippen MR) is 71.8 cm³/mol. The molecule has 1 aromatic rings. The predicted octanol–water partition coefficient (Wildman–Crippen LogP) is 0.635. The van der Waals surface area contributed by atoms with E-state index < -0.39 is 0 Å². The Morgan fingerprint density at radius 3 is 2.89 bits per heavy atom. The fourth-order valence-corrected chi connectivity index (χ4v) is 1.43. The molecule has 3 N–H and O–H groups in total. The Labute approximate surface area is 107 Å². The lowest BCUT2D eigenvalue weighted by Crippen LogP contribution is -2.35. The van der Waals surface area contributed by atoms with Crippen molar-refractivity contribution in [1.29, 1.82) is 0 Å². The smallest absolute Gasteiger partial charge is 0.239 e. The number of amides is 1. The number of methoxy groups -OCH3 is 1. The summed E-state index contributed by atoms with van der Waals surface area (Å²) >= 11 is 0. The van der Waals surface area contributed by atoms with Gasteiger partial charge in [-0.25, -0.2) is 0 Å². The maximum Gasteiger partial charge on any atom is 0.239 e. The number of ether oxygens (including phenoxy) is 1. The maximum atomic E-state index is 11.6. The lowest BCUT2D eigenvalue weighted by Gasteiger charge is -2.18. The highest BCUT2D eigenvalue weighted by atomic mass is 16.5. The van der Waals surface area contributed by atoms with E-state index in [-0.39, 0.29) is 12.5 Å². The van der Waals surface area contributed by atoms with E-state index in [9.17, 15) is 4.79 Å². The van der Waals surface area contributed by atoms with E-state index in [0.29, 0.717) is 23.9 Å². The minimum Gasteiger partial charge on any atom is -0.479 e. The van der Waals surface area contributed by atoms with Gasteiger partial charge in [-0.05, 0) is 18.6 Å². The lowest BCUT2D eigenvalue weighted by atomic mass is 10.3. The Morgan fingerprint density at radius 2 is 2.28 bits per heavy atom. The van der Waals surface area contributed by atoms with Crippen LogP contribution in [-0.4, -0.2) is 38.1 Å². The summed E-state index contributed by atoms with van der Waals surface area (Å²) in [5, 5.41) is 2.81. The van der Waals surface area contributed by atoms with Gasteiger partial charge < -0.3 is 20.7 Å². The van der Waals surface area contributed by atoms with E-state index in [4.69, 9.17) is 10.5 Å². The van der Waals surface area contributed by atoms with Gasteiger partial charge in [0.25, 0.3) is 0 Å². The monoisotopic (exact) mass is 252 g/mol. The number of hydrogen-bond donors (Lipinski definition) is 2. The van der Waals surface area contributed by atoms with Gasteiger partial charge in [0.1, 0.15) is 5.82 Å². The van der Waals surface area contributed by atoms with Crippen molar-refractivity contribution in [2.75, 3.05) is 37.9 Å². The summed E-state index contributed by atoms with van der Waals surface area (Å²) in [5.74, 6) is 0.984. The molecule has 1 heterocycles. The van der Waals surface area contributed by atoms with Crippen LogP contribution in [0, 0.1) is 0 Å². The summed E-state index contributed by atoms with van der Waals surface area (Å²) in [6.45, 7) is 2.95. The molecule has 0 aliphatic carbocycles. The molecule has 0 saturated heterocycles. The van der Waals surface area contributed by atoms with Crippen LogP contribution in [0.25, 0.3) is 0 Å². The van der Waals surface area contributed by atoms with Crippen LogP contribution < -0.4 is 20.7 Å². The second-order valence-corrected chi connectivity index (χ2v) is 3.97. The van der Waals surface area contributed by atoms with Crippen LogP contribution >= 0.6 is 0 Å². The molecule has 1 amide bonds. The number of carbonyl (C=O) groups is 1. The molecule has 0 bridgehead atoms. The first-order chi connectivity index (χ1) is 8.58. The standard InChI is InChI=1S/C12H20N4O2/c1-4-7-14-11(17)8-16(2)10-6-5-9(13)12(15-10)18-3/h5-6H,4,7-8,13H2,1-3H3,(H,14,17). The first kappa shape index (κ1) is 14.1. The lowest BCUT2D eigenvalue weighted by molar-refractivity contribution is -0.119. The van der Waals surface area contributed by atoms with Crippen molar-refractivity contribution in [3.05, 3.63) is 12.1 Å².